The van der Waals surface area contributed by atoms with Gasteiger partial charge in [-0.25, -0.2) is 19.6 Å². The topological polar surface area (TPSA) is 110 Å². The summed E-state index contributed by atoms with van der Waals surface area (Å²) in [6, 6.07) is 3.71. The fourth-order valence-electron chi connectivity index (χ4n) is 3.96. The summed E-state index contributed by atoms with van der Waals surface area (Å²) in [4.78, 5) is 34.8. The summed E-state index contributed by atoms with van der Waals surface area (Å²) in [7, 11) is 0. The molecule has 1 spiro atoms. The third-order valence-electron chi connectivity index (χ3n) is 4.99. The van der Waals surface area contributed by atoms with Gasteiger partial charge in [0.2, 0.25) is 0 Å². The molecule has 4 rings (SSSR count). The van der Waals surface area contributed by atoms with E-state index in [9.17, 15) is 14.7 Å². The lowest BCUT2D eigenvalue weighted by molar-refractivity contribution is 0.0285. The van der Waals surface area contributed by atoms with Crippen LogP contribution in [0.25, 0.3) is 5.82 Å². The molecule has 0 radical (unpaired) electrons. The molecule has 9 nitrogen and oxygen atoms in total. The molecular formula is C19H23N5O4. The molecule has 2 aliphatic heterocycles. The Morgan fingerprint density at radius 3 is 2.79 bits per heavy atom. The van der Waals surface area contributed by atoms with Gasteiger partial charge in [0.15, 0.2) is 11.5 Å². The molecule has 28 heavy (non-hydrogen) atoms. The van der Waals surface area contributed by atoms with E-state index in [1.165, 1.54) is 0 Å². The number of aryl methyl sites for hydroxylation is 1. The molecule has 9 heteroatoms. The van der Waals surface area contributed by atoms with Crippen LogP contribution in [0, 0.1) is 6.92 Å². The number of nitrogens with one attached hydrogen (secondary N) is 1. The number of rotatable bonds is 1. The van der Waals surface area contributed by atoms with Gasteiger partial charge in [-0.05, 0) is 46.2 Å². The molecule has 0 unspecified atom stereocenters. The Balaban J connectivity index is 1.80. The largest absolute Gasteiger partial charge is 0.476 e. The maximum Gasteiger partial charge on any atom is 0.410 e. The minimum atomic E-state index is -1.10. The van der Waals surface area contributed by atoms with Gasteiger partial charge in [-0.1, -0.05) is 0 Å². The van der Waals surface area contributed by atoms with E-state index in [2.05, 4.69) is 15.3 Å². The normalized spacial score (nSPS) is 20.5. The van der Waals surface area contributed by atoms with Crippen molar-refractivity contribution in [1.82, 2.24) is 19.4 Å². The predicted molar refractivity (Wildman–Crippen MR) is 101 cm³/mol. The highest BCUT2D eigenvalue weighted by molar-refractivity contribution is 5.89. The SMILES string of the molecule is Cc1nc(C(=O)O)c2n1-c1ncccc1N[C@]21CCN(C(=O)OC(C)(C)C)C1. The molecular weight excluding hydrogens is 362 g/mol. The summed E-state index contributed by atoms with van der Waals surface area (Å²) < 4.78 is 7.29. The molecule has 2 N–H and O–H groups in total. The predicted octanol–water partition coefficient (Wildman–Crippen LogP) is 2.54. The van der Waals surface area contributed by atoms with E-state index in [0.29, 0.717) is 30.3 Å². The van der Waals surface area contributed by atoms with Crippen LogP contribution < -0.4 is 5.32 Å². The van der Waals surface area contributed by atoms with Gasteiger partial charge in [-0.3, -0.25) is 4.57 Å². The van der Waals surface area contributed by atoms with Crippen LogP contribution in [0.2, 0.25) is 0 Å². The van der Waals surface area contributed by atoms with Gasteiger partial charge in [-0.15, -0.1) is 0 Å². The van der Waals surface area contributed by atoms with Crippen molar-refractivity contribution in [2.45, 2.75) is 45.3 Å². The quantitative estimate of drug-likeness (QED) is 0.776. The van der Waals surface area contributed by atoms with Crippen LogP contribution in [0.4, 0.5) is 10.5 Å². The summed E-state index contributed by atoms with van der Waals surface area (Å²) in [6.07, 6.45) is 1.78. The Kier molecular flexibility index (Phi) is 3.88. The number of carbonyl (C=O) groups is 2. The van der Waals surface area contributed by atoms with Crippen molar-refractivity contribution in [3.05, 3.63) is 35.5 Å². The number of amides is 1. The molecule has 1 atom stereocenters. The van der Waals surface area contributed by atoms with E-state index in [1.807, 2.05) is 32.9 Å². The number of likely N-dealkylation sites (tertiary alicyclic amines) is 1. The average Bonchev–Trinajstić information content (AvgIpc) is 3.17. The number of carboxylic acids is 1. The number of imidazole rings is 1. The Hall–Kier alpha value is -3.10. The van der Waals surface area contributed by atoms with E-state index in [0.717, 1.165) is 5.69 Å². The summed E-state index contributed by atoms with van der Waals surface area (Å²) in [5, 5.41) is 13.2. The molecule has 0 bridgehead atoms. The number of pyridine rings is 1. The van der Waals surface area contributed by atoms with Crippen molar-refractivity contribution in [1.29, 1.82) is 0 Å². The van der Waals surface area contributed by atoms with Crippen LogP contribution in [0.3, 0.4) is 0 Å². The monoisotopic (exact) mass is 385 g/mol. The van der Waals surface area contributed by atoms with Crippen molar-refractivity contribution < 1.29 is 19.4 Å². The second kappa shape index (κ2) is 5.95. The van der Waals surface area contributed by atoms with Crippen LogP contribution >= 0.6 is 0 Å². The van der Waals surface area contributed by atoms with Crippen LogP contribution in [0.15, 0.2) is 18.3 Å². The number of aromatic nitrogens is 3. The zero-order valence-corrected chi connectivity index (χ0v) is 16.3. The lowest BCUT2D eigenvalue weighted by Gasteiger charge is -2.37. The zero-order valence-electron chi connectivity index (χ0n) is 16.3. The Labute approximate surface area is 162 Å². The number of anilines is 1. The number of hydrogen-bond acceptors (Lipinski definition) is 6. The molecule has 1 fully saturated rings. The number of hydrogen-bond donors (Lipinski definition) is 2. The van der Waals surface area contributed by atoms with Gasteiger partial charge in [0.05, 0.1) is 17.9 Å². The highest BCUT2D eigenvalue weighted by Crippen LogP contribution is 2.44. The van der Waals surface area contributed by atoms with Crippen LogP contribution in [0.5, 0.6) is 0 Å². The Morgan fingerprint density at radius 1 is 1.36 bits per heavy atom. The van der Waals surface area contributed by atoms with Gasteiger partial charge in [0.1, 0.15) is 17.0 Å². The van der Waals surface area contributed by atoms with Crippen molar-refractivity contribution >= 4 is 17.7 Å². The van der Waals surface area contributed by atoms with Gasteiger partial charge in [-0.2, -0.15) is 0 Å². The highest BCUT2D eigenvalue weighted by Gasteiger charge is 2.50. The minimum absolute atomic E-state index is 0.0210. The first kappa shape index (κ1) is 18.3. The fourth-order valence-corrected chi connectivity index (χ4v) is 3.96. The van der Waals surface area contributed by atoms with E-state index in [-0.39, 0.29) is 12.2 Å². The number of ether oxygens (including phenoxy) is 1. The molecule has 0 saturated carbocycles. The Morgan fingerprint density at radius 2 is 2.11 bits per heavy atom. The van der Waals surface area contributed by atoms with Crippen LogP contribution in [0.1, 0.15) is 49.2 Å². The molecule has 0 aliphatic carbocycles. The molecule has 148 valence electrons. The first-order valence-electron chi connectivity index (χ1n) is 9.16. The lowest BCUT2D eigenvalue weighted by Crippen LogP contribution is -2.46. The molecule has 4 heterocycles. The summed E-state index contributed by atoms with van der Waals surface area (Å²) >= 11 is 0. The van der Waals surface area contributed by atoms with Crippen molar-refractivity contribution in [3.8, 4) is 5.82 Å². The maximum atomic E-state index is 12.6. The van der Waals surface area contributed by atoms with Crippen molar-refractivity contribution in [2.24, 2.45) is 0 Å². The van der Waals surface area contributed by atoms with Gasteiger partial charge >= 0.3 is 12.1 Å². The summed E-state index contributed by atoms with van der Waals surface area (Å²) in [5.74, 6) is 0.0495. The second-order valence-electron chi connectivity index (χ2n) is 8.23. The van der Waals surface area contributed by atoms with Gasteiger partial charge in [0.25, 0.3) is 0 Å². The number of nitrogens with zero attached hydrogens (tertiary/aromatic N) is 4. The van der Waals surface area contributed by atoms with Crippen LogP contribution in [-0.4, -0.2) is 55.3 Å². The lowest BCUT2D eigenvalue weighted by atomic mass is 9.90. The third-order valence-corrected chi connectivity index (χ3v) is 4.99. The second-order valence-corrected chi connectivity index (χ2v) is 8.23. The molecule has 2 aliphatic rings. The van der Waals surface area contributed by atoms with E-state index in [4.69, 9.17) is 4.74 Å². The molecule has 1 amide bonds. The average molecular weight is 385 g/mol. The van der Waals surface area contributed by atoms with E-state index >= 15 is 0 Å². The first-order valence-corrected chi connectivity index (χ1v) is 9.16. The maximum absolute atomic E-state index is 12.6. The molecule has 2 aromatic heterocycles. The summed E-state index contributed by atoms with van der Waals surface area (Å²) in [6.45, 7) is 7.94. The van der Waals surface area contributed by atoms with E-state index < -0.39 is 23.2 Å². The van der Waals surface area contributed by atoms with Gasteiger partial charge < -0.3 is 20.1 Å². The van der Waals surface area contributed by atoms with Crippen molar-refractivity contribution in [3.63, 3.8) is 0 Å². The highest BCUT2D eigenvalue weighted by atomic mass is 16.6. The van der Waals surface area contributed by atoms with Crippen molar-refractivity contribution in [2.75, 3.05) is 18.4 Å². The minimum Gasteiger partial charge on any atom is -0.476 e. The molecule has 0 aromatic carbocycles. The molecule has 1 saturated heterocycles. The standard InChI is InChI=1S/C19H23N5O4/c1-11-21-13(16(25)26)14-19(22-12-6-5-8-20-15(12)24(11)14)7-9-23(10-19)17(27)28-18(2,3)4/h5-6,8,22H,7,9-10H2,1-4H3,(H,25,26)/t19-/m0/s1. The zero-order chi connectivity index (χ0) is 20.3. The number of carboxylic acid groups (broad SMARTS) is 1. The smallest absolute Gasteiger partial charge is 0.410 e. The fraction of sp³-hybridized carbons (Fsp3) is 0.474. The number of fused-ring (bicyclic) bond motifs is 4. The summed E-state index contributed by atoms with van der Waals surface area (Å²) in [5.41, 5.74) is -0.101. The third kappa shape index (κ3) is 2.78. The van der Waals surface area contributed by atoms with E-state index in [1.54, 1.807) is 22.6 Å². The Bertz CT molecular complexity index is 977. The first-order chi connectivity index (χ1) is 13.1. The van der Waals surface area contributed by atoms with Gasteiger partial charge in [0, 0.05) is 12.7 Å². The number of carbonyl (C=O) groups excluding carboxylic acids is 1. The number of aromatic carboxylic acids is 1. The van der Waals surface area contributed by atoms with Crippen LogP contribution in [-0.2, 0) is 10.3 Å². The molecule has 2 aromatic rings.